The third-order valence-electron chi connectivity index (χ3n) is 3.39. The fraction of sp³-hybridized carbons (Fsp3) is 0.474. The van der Waals surface area contributed by atoms with Crippen molar-refractivity contribution in [2.24, 2.45) is 0 Å². The van der Waals surface area contributed by atoms with Crippen molar-refractivity contribution in [2.75, 3.05) is 18.5 Å². The number of carbonyl (C=O) groups excluding carboxylic acids is 1. The van der Waals surface area contributed by atoms with Gasteiger partial charge < -0.3 is 18.3 Å². The summed E-state index contributed by atoms with van der Waals surface area (Å²) in [6.45, 7) is 9.47. The summed E-state index contributed by atoms with van der Waals surface area (Å²) in [6.07, 6.45) is -0.508. The standard InChI is InChI=1S/C19H27N2O6P/c1-6-24-28(23,25-7-2)13-16-12-17(21-27-16)14-8-10-15(11-9-14)20-18(22)26-19(3,4)5/h8-12H,6-7,13H2,1-5H3,(H,20,22). The second-order valence-electron chi connectivity index (χ2n) is 6.99. The number of nitrogens with one attached hydrogen (secondary N) is 1. The predicted molar refractivity (Wildman–Crippen MR) is 106 cm³/mol. The summed E-state index contributed by atoms with van der Waals surface area (Å²) >= 11 is 0. The lowest BCUT2D eigenvalue weighted by Crippen LogP contribution is -2.27. The molecule has 0 aliphatic heterocycles. The van der Waals surface area contributed by atoms with Crippen LogP contribution >= 0.6 is 7.60 Å². The van der Waals surface area contributed by atoms with Crippen LogP contribution in [0.2, 0.25) is 0 Å². The maximum absolute atomic E-state index is 12.6. The van der Waals surface area contributed by atoms with E-state index in [4.69, 9.17) is 18.3 Å². The minimum Gasteiger partial charge on any atom is -0.444 e. The van der Waals surface area contributed by atoms with Crippen LogP contribution in [-0.2, 0) is 24.5 Å². The highest BCUT2D eigenvalue weighted by Crippen LogP contribution is 2.51. The molecule has 2 rings (SSSR count). The first-order valence-corrected chi connectivity index (χ1v) is 10.8. The summed E-state index contributed by atoms with van der Waals surface area (Å²) in [4.78, 5) is 11.8. The molecule has 0 aliphatic rings. The van der Waals surface area contributed by atoms with Crippen LogP contribution in [0.5, 0.6) is 0 Å². The van der Waals surface area contributed by atoms with Gasteiger partial charge in [-0.25, -0.2) is 4.79 Å². The summed E-state index contributed by atoms with van der Waals surface area (Å²) in [5.41, 5.74) is 1.40. The number of benzene rings is 1. The Labute approximate surface area is 165 Å². The van der Waals surface area contributed by atoms with Crippen molar-refractivity contribution in [1.29, 1.82) is 0 Å². The zero-order valence-electron chi connectivity index (χ0n) is 16.9. The molecule has 1 aromatic heterocycles. The molecular formula is C19H27N2O6P. The first-order valence-electron chi connectivity index (χ1n) is 9.08. The molecule has 9 heteroatoms. The lowest BCUT2D eigenvalue weighted by molar-refractivity contribution is 0.0636. The second kappa shape index (κ2) is 9.37. The van der Waals surface area contributed by atoms with E-state index in [2.05, 4.69) is 10.5 Å². The van der Waals surface area contributed by atoms with Gasteiger partial charge >= 0.3 is 13.7 Å². The monoisotopic (exact) mass is 410 g/mol. The van der Waals surface area contributed by atoms with E-state index < -0.39 is 19.3 Å². The van der Waals surface area contributed by atoms with Gasteiger partial charge in [-0.3, -0.25) is 9.88 Å². The second-order valence-corrected chi connectivity index (χ2v) is 9.04. The zero-order valence-corrected chi connectivity index (χ0v) is 17.7. The van der Waals surface area contributed by atoms with Gasteiger partial charge in [0.1, 0.15) is 23.2 Å². The molecule has 0 bridgehead atoms. The van der Waals surface area contributed by atoms with Gasteiger partial charge in [0.2, 0.25) is 0 Å². The number of rotatable bonds is 8. The smallest absolute Gasteiger partial charge is 0.412 e. The number of carbonyl (C=O) groups is 1. The van der Waals surface area contributed by atoms with E-state index in [1.807, 2.05) is 0 Å². The average Bonchev–Trinajstić information content (AvgIpc) is 3.02. The van der Waals surface area contributed by atoms with Crippen LogP contribution in [0.25, 0.3) is 11.3 Å². The van der Waals surface area contributed by atoms with E-state index in [0.717, 1.165) is 5.56 Å². The van der Waals surface area contributed by atoms with Crippen LogP contribution in [0.4, 0.5) is 10.5 Å². The molecule has 1 aromatic carbocycles. The number of nitrogens with zero attached hydrogens (tertiary/aromatic N) is 1. The quantitative estimate of drug-likeness (QED) is 0.577. The molecule has 1 heterocycles. The van der Waals surface area contributed by atoms with Gasteiger partial charge in [0, 0.05) is 17.3 Å². The van der Waals surface area contributed by atoms with E-state index >= 15 is 0 Å². The summed E-state index contributed by atoms with van der Waals surface area (Å²) in [5, 5.41) is 6.68. The van der Waals surface area contributed by atoms with Gasteiger partial charge in [0.15, 0.2) is 0 Å². The first-order chi connectivity index (χ1) is 13.1. The molecule has 28 heavy (non-hydrogen) atoms. The van der Waals surface area contributed by atoms with Crippen molar-refractivity contribution < 1.29 is 27.7 Å². The lowest BCUT2D eigenvalue weighted by Gasteiger charge is -2.19. The fourth-order valence-corrected chi connectivity index (χ4v) is 3.96. The minimum absolute atomic E-state index is 0.0139. The third kappa shape index (κ3) is 6.78. The van der Waals surface area contributed by atoms with Crippen molar-refractivity contribution in [3.63, 3.8) is 0 Å². The van der Waals surface area contributed by atoms with E-state index in [9.17, 15) is 9.36 Å². The highest BCUT2D eigenvalue weighted by Gasteiger charge is 2.26. The van der Waals surface area contributed by atoms with Crippen molar-refractivity contribution in [2.45, 2.75) is 46.4 Å². The Morgan fingerprint density at radius 3 is 2.29 bits per heavy atom. The molecule has 154 valence electrons. The predicted octanol–water partition coefficient (Wildman–Crippen LogP) is 5.45. The van der Waals surface area contributed by atoms with E-state index in [0.29, 0.717) is 17.1 Å². The Kier molecular flexibility index (Phi) is 7.41. The largest absolute Gasteiger partial charge is 0.444 e. The van der Waals surface area contributed by atoms with Crippen LogP contribution in [0.15, 0.2) is 34.9 Å². The van der Waals surface area contributed by atoms with Crippen LogP contribution in [0.3, 0.4) is 0 Å². The normalized spacial score (nSPS) is 12.0. The van der Waals surface area contributed by atoms with Crippen molar-refractivity contribution >= 4 is 19.4 Å². The van der Waals surface area contributed by atoms with Crippen LogP contribution in [0.1, 0.15) is 40.4 Å². The SMILES string of the molecule is CCOP(=O)(Cc1cc(-c2ccc(NC(=O)OC(C)(C)C)cc2)no1)OCC. The van der Waals surface area contributed by atoms with Gasteiger partial charge in [-0.1, -0.05) is 17.3 Å². The first kappa shape index (κ1) is 22.1. The van der Waals surface area contributed by atoms with Crippen LogP contribution in [0, 0.1) is 0 Å². The van der Waals surface area contributed by atoms with E-state index in [1.54, 1.807) is 65.0 Å². The Bertz CT molecular complexity index is 816. The van der Waals surface area contributed by atoms with E-state index in [1.165, 1.54) is 0 Å². The molecule has 0 saturated carbocycles. The fourth-order valence-electron chi connectivity index (χ4n) is 2.38. The maximum Gasteiger partial charge on any atom is 0.412 e. The number of amides is 1. The third-order valence-corrected chi connectivity index (χ3v) is 5.39. The Morgan fingerprint density at radius 2 is 1.75 bits per heavy atom. The number of aromatic nitrogens is 1. The Morgan fingerprint density at radius 1 is 1.14 bits per heavy atom. The molecule has 0 atom stereocenters. The van der Waals surface area contributed by atoms with Gasteiger partial charge in [-0.2, -0.15) is 0 Å². The van der Waals surface area contributed by atoms with Gasteiger partial charge in [0.25, 0.3) is 0 Å². The molecule has 0 aliphatic carbocycles. The number of ether oxygens (including phenoxy) is 1. The minimum atomic E-state index is -3.26. The number of hydrogen-bond acceptors (Lipinski definition) is 7. The Balaban J connectivity index is 2.05. The van der Waals surface area contributed by atoms with Crippen molar-refractivity contribution in [3.8, 4) is 11.3 Å². The lowest BCUT2D eigenvalue weighted by atomic mass is 10.1. The van der Waals surface area contributed by atoms with Crippen LogP contribution in [-0.4, -0.2) is 30.1 Å². The molecule has 0 radical (unpaired) electrons. The zero-order chi connectivity index (χ0) is 20.8. The van der Waals surface area contributed by atoms with Crippen molar-refractivity contribution in [3.05, 3.63) is 36.1 Å². The molecule has 0 saturated heterocycles. The van der Waals surface area contributed by atoms with Crippen LogP contribution < -0.4 is 5.32 Å². The Hall–Kier alpha value is -2.15. The highest BCUT2D eigenvalue weighted by molar-refractivity contribution is 7.53. The van der Waals surface area contributed by atoms with Gasteiger partial charge in [-0.15, -0.1) is 0 Å². The maximum atomic E-state index is 12.6. The molecule has 2 aromatic rings. The number of hydrogen-bond donors (Lipinski definition) is 1. The summed E-state index contributed by atoms with van der Waals surface area (Å²) in [6, 6.07) is 8.75. The topological polar surface area (TPSA) is 99.9 Å². The molecule has 1 amide bonds. The number of anilines is 1. The van der Waals surface area contributed by atoms with Gasteiger partial charge in [-0.05, 0) is 46.8 Å². The molecule has 1 N–H and O–H groups in total. The molecular weight excluding hydrogens is 383 g/mol. The van der Waals surface area contributed by atoms with Gasteiger partial charge in [0.05, 0.1) is 13.2 Å². The van der Waals surface area contributed by atoms with Crippen molar-refractivity contribution in [1.82, 2.24) is 5.16 Å². The highest BCUT2D eigenvalue weighted by atomic mass is 31.2. The summed E-state index contributed by atoms with van der Waals surface area (Å²) in [5.74, 6) is 0.413. The molecule has 8 nitrogen and oxygen atoms in total. The summed E-state index contributed by atoms with van der Waals surface area (Å²) < 4.78 is 33.6. The molecule has 0 unspecified atom stereocenters. The molecule has 0 fully saturated rings. The summed E-state index contributed by atoms with van der Waals surface area (Å²) in [7, 11) is -3.26. The van der Waals surface area contributed by atoms with E-state index in [-0.39, 0.29) is 19.4 Å². The molecule has 0 spiro atoms. The average molecular weight is 410 g/mol.